The molecule has 0 radical (unpaired) electrons. The summed E-state index contributed by atoms with van der Waals surface area (Å²) in [5.41, 5.74) is 0.704. The van der Waals surface area contributed by atoms with Crippen LogP contribution in [0.15, 0.2) is 11.5 Å². The lowest BCUT2D eigenvalue weighted by Gasteiger charge is -2.37. The predicted molar refractivity (Wildman–Crippen MR) is 54.6 cm³/mol. The number of aliphatic hydroxyl groups is 1. The molecule has 3 atom stereocenters. The fraction of sp³-hybridized carbons (Fsp3) is 0.700. The fourth-order valence-corrected chi connectivity index (χ4v) is 2.06. The molecule has 0 saturated heterocycles. The fourth-order valence-electron chi connectivity index (χ4n) is 2.06. The van der Waals surface area contributed by atoms with E-state index in [1.165, 1.54) is 7.11 Å². The predicted octanol–water partition coefficient (Wildman–Crippen LogP) is -0.388. The number of aliphatic hydroxyl groups excluding tert-OH is 1. The van der Waals surface area contributed by atoms with Crippen molar-refractivity contribution < 1.29 is 19.4 Å². The molecule has 0 aliphatic carbocycles. The number of esters is 1. The van der Waals surface area contributed by atoms with Crippen LogP contribution >= 0.6 is 0 Å². The summed E-state index contributed by atoms with van der Waals surface area (Å²) in [4.78, 5) is 11.3. The third-order valence-corrected chi connectivity index (χ3v) is 2.93. The normalized spacial score (nSPS) is 34.2. The maximum Gasteiger partial charge on any atom is 0.313 e. The third kappa shape index (κ3) is 1.91. The van der Waals surface area contributed by atoms with Crippen LogP contribution in [0.2, 0.25) is 0 Å². The van der Waals surface area contributed by atoms with E-state index in [0.29, 0.717) is 17.9 Å². The van der Waals surface area contributed by atoms with Crippen LogP contribution in [-0.2, 0) is 14.3 Å². The first kappa shape index (κ1) is 11.4. The molecule has 6 heteroatoms. The molecule has 2 aliphatic heterocycles. The third-order valence-electron chi connectivity index (χ3n) is 2.93. The Hall–Kier alpha value is -1.11. The monoisotopic (exact) mass is 228 g/mol. The first-order valence-corrected chi connectivity index (χ1v) is 5.34. The van der Waals surface area contributed by atoms with E-state index in [2.05, 4.69) is 10.6 Å². The zero-order chi connectivity index (χ0) is 11.7. The Labute approximate surface area is 93.6 Å². The molecule has 0 spiro atoms. The van der Waals surface area contributed by atoms with Crippen molar-refractivity contribution >= 4 is 5.97 Å². The van der Waals surface area contributed by atoms with Crippen LogP contribution in [0.4, 0.5) is 0 Å². The molecule has 6 nitrogen and oxygen atoms in total. The highest BCUT2D eigenvalue weighted by molar-refractivity contribution is 5.73. The van der Waals surface area contributed by atoms with Gasteiger partial charge in [-0.3, -0.25) is 4.79 Å². The highest BCUT2D eigenvalue weighted by Gasteiger charge is 2.37. The van der Waals surface area contributed by atoms with E-state index in [1.54, 1.807) is 0 Å². The number of hydrogen-bond donors (Lipinski definition) is 3. The molecule has 0 saturated carbocycles. The van der Waals surface area contributed by atoms with E-state index in [1.807, 2.05) is 6.92 Å². The quantitative estimate of drug-likeness (QED) is 0.559. The molecule has 2 aliphatic rings. The van der Waals surface area contributed by atoms with Crippen molar-refractivity contribution in [3.8, 4) is 0 Å². The molecule has 2 heterocycles. The van der Waals surface area contributed by atoms with Gasteiger partial charge in [0, 0.05) is 12.7 Å². The van der Waals surface area contributed by atoms with Gasteiger partial charge in [-0.05, 0) is 12.3 Å². The van der Waals surface area contributed by atoms with Crippen molar-refractivity contribution in [2.24, 2.45) is 5.92 Å². The number of hydrogen-bond acceptors (Lipinski definition) is 6. The minimum Gasteiger partial charge on any atom is -0.410 e. The van der Waals surface area contributed by atoms with Crippen LogP contribution in [0.1, 0.15) is 19.8 Å². The van der Waals surface area contributed by atoms with Crippen molar-refractivity contribution in [2.45, 2.75) is 32.3 Å². The van der Waals surface area contributed by atoms with Crippen LogP contribution in [0.3, 0.4) is 0 Å². The van der Waals surface area contributed by atoms with E-state index in [-0.39, 0.29) is 11.9 Å². The Bertz CT molecular complexity index is 329. The summed E-state index contributed by atoms with van der Waals surface area (Å²) in [7, 11) is 1.49. The summed E-state index contributed by atoms with van der Waals surface area (Å²) in [6, 6.07) is 0. The van der Waals surface area contributed by atoms with E-state index < -0.39 is 12.6 Å². The van der Waals surface area contributed by atoms with Crippen molar-refractivity contribution in [3.63, 3.8) is 0 Å². The number of ether oxygens (including phenoxy) is 2. The van der Waals surface area contributed by atoms with Crippen LogP contribution in [-0.4, -0.2) is 30.8 Å². The Morgan fingerprint density at radius 1 is 1.62 bits per heavy atom. The molecule has 0 aromatic carbocycles. The molecule has 0 aromatic heterocycles. The number of rotatable bonds is 2. The summed E-state index contributed by atoms with van der Waals surface area (Å²) >= 11 is 0. The molecule has 0 amide bonds. The van der Waals surface area contributed by atoms with Crippen molar-refractivity contribution in [1.82, 2.24) is 10.6 Å². The number of carbonyl (C=O) groups is 1. The van der Waals surface area contributed by atoms with Crippen molar-refractivity contribution in [3.05, 3.63) is 11.5 Å². The van der Waals surface area contributed by atoms with E-state index in [4.69, 9.17) is 9.47 Å². The zero-order valence-electron chi connectivity index (χ0n) is 9.32. The molecule has 0 fully saturated rings. The minimum absolute atomic E-state index is 0.0176. The molecule has 3 N–H and O–H groups in total. The topological polar surface area (TPSA) is 79.8 Å². The maximum atomic E-state index is 11.3. The smallest absolute Gasteiger partial charge is 0.313 e. The lowest BCUT2D eigenvalue weighted by Crippen LogP contribution is -2.56. The summed E-state index contributed by atoms with van der Waals surface area (Å²) in [5.74, 6) is 0.0762. The van der Waals surface area contributed by atoms with Gasteiger partial charge in [0.25, 0.3) is 0 Å². The number of nitrogens with one attached hydrogen (secondary N) is 2. The summed E-state index contributed by atoms with van der Waals surface area (Å²) in [5, 5.41) is 15.6. The van der Waals surface area contributed by atoms with Crippen LogP contribution in [0.25, 0.3) is 0 Å². The lowest BCUT2D eigenvalue weighted by atomic mass is 9.89. The molecular weight excluding hydrogens is 212 g/mol. The number of methoxy groups -OCH3 is 1. The average Bonchev–Trinajstić information content (AvgIpc) is 2.26. The first-order valence-electron chi connectivity index (χ1n) is 5.34. The van der Waals surface area contributed by atoms with Crippen LogP contribution in [0.5, 0.6) is 0 Å². The van der Waals surface area contributed by atoms with Gasteiger partial charge in [-0.1, -0.05) is 6.92 Å². The molecule has 0 aromatic rings. The molecular formula is C10H16N2O4. The maximum absolute atomic E-state index is 11.3. The van der Waals surface area contributed by atoms with Gasteiger partial charge in [-0.25, -0.2) is 5.32 Å². The Morgan fingerprint density at radius 2 is 2.38 bits per heavy atom. The highest BCUT2D eigenvalue weighted by atomic mass is 16.6. The molecule has 90 valence electrons. The van der Waals surface area contributed by atoms with Gasteiger partial charge in [0.15, 0.2) is 6.35 Å². The van der Waals surface area contributed by atoms with Crippen LogP contribution < -0.4 is 10.6 Å². The summed E-state index contributed by atoms with van der Waals surface area (Å²) in [6.07, 6.45) is -0.282. The molecule has 2 rings (SSSR count). The zero-order valence-corrected chi connectivity index (χ0v) is 9.32. The Kier molecular flexibility index (Phi) is 3.13. The second-order valence-corrected chi connectivity index (χ2v) is 3.90. The molecule has 16 heavy (non-hydrogen) atoms. The van der Waals surface area contributed by atoms with E-state index in [0.717, 1.165) is 6.42 Å². The Balaban J connectivity index is 2.28. The molecule has 0 bridgehead atoms. The standard InChI is InChI=1S/C10H16N2O4/c1-3-5-4-6(13)16-9-7(5)8(14)11-10(12-9)15-2/h5,8,10-12,14H,3-4H2,1-2H3. The van der Waals surface area contributed by atoms with Gasteiger partial charge < -0.3 is 19.9 Å². The van der Waals surface area contributed by atoms with Gasteiger partial charge in [-0.15, -0.1) is 0 Å². The SMILES string of the molecule is CCC1CC(=O)OC2=C1C(O)NC(OC)N2. The lowest BCUT2D eigenvalue weighted by molar-refractivity contribution is -0.145. The van der Waals surface area contributed by atoms with Crippen molar-refractivity contribution in [2.75, 3.05) is 7.11 Å². The van der Waals surface area contributed by atoms with Gasteiger partial charge >= 0.3 is 5.97 Å². The van der Waals surface area contributed by atoms with E-state index >= 15 is 0 Å². The second kappa shape index (κ2) is 4.40. The Morgan fingerprint density at radius 3 is 3.00 bits per heavy atom. The molecule has 3 unspecified atom stereocenters. The minimum atomic E-state index is -0.834. The van der Waals surface area contributed by atoms with Gasteiger partial charge in [-0.2, -0.15) is 0 Å². The van der Waals surface area contributed by atoms with Gasteiger partial charge in [0.1, 0.15) is 6.23 Å². The first-order chi connectivity index (χ1) is 7.65. The largest absolute Gasteiger partial charge is 0.410 e. The van der Waals surface area contributed by atoms with Crippen molar-refractivity contribution in [1.29, 1.82) is 0 Å². The number of carbonyl (C=O) groups excluding carboxylic acids is 1. The summed E-state index contributed by atoms with van der Waals surface area (Å²) in [6.45, 7) is 1.98. The van der Waals surface area contributed by atoms with E-state index in [9.17, 15) is 9.90 Å². The second-order valence-electron chi connectivity index (χ2n) is 3.90. The van der Waals surface area contributed by atoms with Crippen LogP contribution in [0, 0.1) is 5.92 Å². The average molecular weight is 228 g/mol. The summed E-state index contributed by atoms with van der Waals surface area (Å²) < 4.78 is 10.1. The van der Waals surface area contributed by atoms with Gasteiger partial charge in [0.2, 0.25) is 5.88 Å². The highest BCUT2D eigenvalue weighted by Crippen LogP contribution is 2.31. The van der Waals surface area contributed by atoms with Gasteiger partial charge in [0.05, 0.1) is 6.42 Å².